The van der Waals surface area contributed by atoms with Crippen molar-refractivity contribution in [1.29, 1.82) is 0 Å². The molecule has 22 heavy (non-hydrogen) atoms. The minimum absolute atomic E-state index is 0.0119. The van der Waals surface area contributed by atoms with E-state index < -0.39 is 0 Å². The Morgan fingerprint density at radius 2 is 1.82 bits per heavy atom. The third-order valence-corrected chi connectivity index (χ3v) is 3.36. The summed E-state index contributed by atoms with van der Waals surface area (Å²) in [5.41, 5.74) is 1.49. The Morgan fingerprint density at radius 3 is 2.45 bits per heavy atom. The molecule has 0 fully saturated rings. The second kappa shape index (κ2) is 7.41. The van der Waals surface area contributed by atoms with Crippen molar-refractivity contribution in [1.82, 2.24) is 5.32 Å². The van der Waals surface area contributed by atoms with E-state index in [-0.39, 0.29) is 24.2 Å². The third kappa shape index (κ3) is 4.19. The summed E-state index contributed by atoms with van der Waals surface area (Å²) in [5, 5.41) is 2.83. The van der Waals surface area contributed by atoms with Gasteiger partial charge < -0.3 is 10.1 Å². The molecule has 4 heteroatoms. The van der Waals surface area contributed by atoms with E-state index in [0.717, 1.165) is 5.56 Å². The number of benzene rings is 2. The van der Waals surface area contributed by atoms with Crippen molar-refractivity contribution in [3.05, 3.63) is 65.7 Å². The molecule has 0 aromatic heterocycles. The topological polar surface area (TPSA) is 55.4 Å². The smallest absolute Gasteiger partial charge is 0.217 e. The summed E-state index contributed by atoms with van der Waals surface area (Å²) >= 11 is 0. The number of hydrogen-bond donors (Lipinski definition) is 1. The first kappa shape index (κ1) is 15.8. The predicted octanol–water partition coefficient (Wildman–Crippen LogP) is 3.15. The lowest BCUT2D eigenvalue weighted by molar-refractivity contribution is -0.119. The Labute approximate surface area is 130 Å². The average molecular weight is 297 g/mol. The second-order valence-corrected chi connectivity index (χ2v) is 5.02. The van der Waals surface area contributed by atoms with Crippen molar-refractivity contribution in [3.63, 3.8) is 0 Å². The van der Waals surface area contributed by atoms with Crippen molar-refractivity contribution in [3.8, 4) is 5.75 Å². The number of Topliss-reactive ketones (excluding diaryl/α,β-unsaturated/α-hetero) is 1. The number of carbonyl (C=O) groups excluding carboxylic acids is 2. The Morgan fingerprint density at radius 1 is 1.09 bits per heavy atom. The monoisotopic (exact) mass is 297 g/mol. The molecular weight excluding hydrogens is 278 g/mol. The standard InChI is InChI=1S/C18H19NO3/c1-13(20)19-17(15-9-6-10-16(11-15)22-2)12-18(21)14-7-4-3-5-8-14/h3-11,17H,12H2,1-2H3,(H,19,20). The predicted molar refractivity (Wildman–Crippen MR) is 84.9 cm³/mol. The SMILES string of the molecule is COc1cccc(C(CC(=O)c2ccccc2)NC(C)=O)c1. The minimum Gasteiger partial charge on any atom is -0.497 e. The molecule has 0 bridgehead atoms. The number of rotatable bonds is 6. The quantitative estimate of drug-likeness (QED) is 0.833. The van der Waals surface area contributed by atoms with Gasteiger partial charge in [0.1, 0.15) is 5.75 Å². The van der Waals surface area contributed by atoms with Crippen molar-refractivity contribution >= 4 is 11.7 Å². The van der Waals surface area contributed by atoms with Crippen LogP contribution in [-0.4, -0.2) is 18.8 Å². The fourth-order valence-corrected chi connectivity index (χ4v) is 2.28. The summed E-state index contributed by atoms with van der Waals surface area (Å²) < 4.78 is 5.20. The van der Waals surface area contributed by atoms with Crippen molar-refractivity contribution in [2.45, 2.75) is 19.4 Å². The number of hydrogen-bond acceptors (Lipinski definition) is 3. The van der Waals surface area contributed by atoms with Crippen LogP contribution in [0.25, 0.3) is 0 Å². The molecule has 1 unspecified atom stereocenters. The second-order valence-electron chi connectivity index (χ2n) is 5.02. The number of methoxy groups -OCH3 is 1. The van der Waals surface area contributed by atoms with Gasteiger partial charge in [-0.05, 0) is 17.7 Å². The molecule has 0 aliphatic heterocycles. The highest BCUT2D eigenvalue weighted by Gasteiger charge is 2.18. The fourth-order valence-electron chi connectivity index (χ4n) is 2.28. The lowest BCUT2D eigenvalue weighted by atomic mass is 9.97. The molecule has 0 spiro atoms. The van der Waals surface area contributed by atoms with Crippen LogP contribution in [0.15, 0.2) is 54.6 Å². The first-order chi connectivity index (χ1) is 10.6. The van der Waals surface area contributed by atoms with Gasteiger partial charge in [-0.1, -0.05) is 42.5 Å². The molecule has 1 N–H and O–H groups in total. The van der Waals surface area contributed by atoms with Crippen LogP contribution in [0.3, 0.4) is 0 Å². The number of carbonyl (C=O) groups is 2. The van der Waals surface area contributed by atoms with E-state index in [1.165, 1.54) is 6.92 Å². The van der Waals surface area contributed by atoms with Gasteiger partial charge >= 0.3 is 0 Å². The van der Waals surface area contributed by atoms with Crippen LogP contribution in [0.2, 0.25) is 0 Å². The molecule has 2 aromatic rings. The maximum absolute atomic E-state index is 12.4. The van der Waals surface area contributed by atoms with Gasteiger partial charge in [0, 0.05) is 18.9 Å². The summed E-state index contributed by atoms with van der Waals surface area (Å²) in [6, 6.07) is 16.1. The van der Waals surface area contributed by atoms with Gasteiger partial charge in [-0.15, -0.1) is 0 Å². The van der Waals surface area contributed by atoms with Crippen LogP contribution in [0.4, 0.5) is 0 Å². The Kier molecular flexibility index (Phi) is 5.31. The molecule has 0 heterocycles. The lowest BCUT2D eigenvalue weighted by Crippen LogP contribution is -2.28. The van der Waals surface area contributed by atoms with Crippen molar-refractivity contribution in [2.24, 2.45) is 0 Å². The molecule has 2 aromatic carbocycles. The Balaban J connectivity index is 2.22. The van der Waals surface area contributed by atoms with Gasteiger partial charge in [0.2, 0.25) is 5.91 Å². The zero-order valence-electron chi connectivity index (χ0n) is 12.7. The Hall–Kier alpha value is -2.62. The molecule has 1 amide bonds. The molecular formula is C18H19NO3. The highest BCUT2D eigenvalue weighted by Crippen LogP contribution is 2.23. The van der Waals surface area contributed by atoms with Crippen LogP contribution >= 0.6 is 0 Å². The normalized spacial score (nSPS) is 11.5. The number of amides is 1. The summed E-state index contributed by atoms with van der Waals surface area (Å²) in [4.78, 5) is 23.8. The lowest BCUT2D eigenvalue weighted by Gasteiger charge is -2.18. The van der Waals surface area contributed by atoms with E-state index in [4.69, 9.17) is 4.74 Å². The zero-order valence-corrected chi connectivity index (χ0v) is 12.7. The maximum Gasteiger partial charge on any atom is 0.217 e. The van der Waals surface area contributed by atoms with E-state index in [1.54, 1.807) is 19.2 Å². The summed E-state index contributed by atoms with van der Waals surface area (Å²) in [5.74, 6) is 0.510. The average Bonchev–Trinajstić information content (AvgIpc) is 2.54. The number of nitrogens with one attached hydrogen (secondary N) is 1. The summed E-state index contributed by atoms with van der Waals surface area (Å²) in [6.45, 7) is 1.44. The minimum atomic E-state index is -0.375. The number of ketones is 1. The van der Waals surface area contributed by atoms with E-state index in [1.807, 2.05) is 42.5 Å². The van der Waals surface area contributed by atoms with E-state index in [2.05, 4.69) is 5.32 Å². The van der Waals surface area contributed by atoms with Crippen LogP contribution in [-0.2, 0) is 4.79 Å². The van der Waals surface area contributed by atoms with E-state index >= 15 is 0 Å². The molecule has 0 saturated carbocycles. The fraction of sp³-hybridized carbons (Fsp3) is 0.222. The summed E-state index contributed by atoms with van der Waals surface area (Å²) in [7, 11) is 1.58. The van der Waals surface area contributed by atoms with Gasteiger partial charge in [0.15, 0.2) is 5.78 Å². The number of ether oxygens (including phenoxy) is 1. The molecule has 0 radical (unpaired) electrons. The van der Waals surface area contributed by atoms with E-state index in [9.17, 15) is 9.59 Å². The first-order valence-electron chi connectivity index (χ1n) is 7.09. The van der Waals surface area contributed by atoms with Gasteiger partial charge in [-0.25, -0.2) is 0 Å². The van der Waals surface area contributed by atoms with Crippen molar-refractivity contribution in [2.75, 3.05) is 7.11 Å². The van der Waals surface area contributed by atoms with Crippen LogP contribution in [0, 0.1) is 0 Å². The first-order valence-corrected chi connectivity index (χ1v) is 7.09. The van der Waals surface area contributed by atoms with Gasteiger partial charge in [0.05, 0.1) is 13.2 Å². The zero-order chi connectivity index (χ0) is 15.9. The van der Waals surface area contributed by atoms with E-state index in [0.29, 0.717) is 11.3 Å². The third-order valence-electron chi connectivity index (χ3n) is 3.36. The van der Waals surface area contributed by atoms with Gasteiger partial charge in [-0.2, -0.15) is 0 Å². The highest BCUT2D eigenvalue weighted by molar-refractivity contribution is 5.96. The molecule has 0 saturated heterocycles. The van der Waals surface area contributed by atoms with Gasteiger partial charge in [0.25, 0.3) is 0 Å². The van der Waals surface area contributed by atoms with Crippen LogP contribution in [0.5, 0.6) is 5.75 Å². The molecule has 4 nitrogen and oxygen atoms in total. The van der Waals surface area contributed by atoms with Gasteiger partial charge in [-0.3, -0.25) is 9.59 Å². The Bertz CT molecular complexity index is 652. The molecule has 2 rings (SSSR count). The molecule has 0 aliphatic rings. The summed E-state index contributed by atoms with van der Waals surface area (Å²) in [6.07, 6.45) is 0.205. The molecule has 114 valence electrons. The van der Waals surface area contributed by atoms with Crippen LogP contribution < -0.4 is 10.1 Å². The highest BCUT2D eigenvalue weighted by atomic mass is 16.5. The largest absolute Gasteiger partial charge is 0.497 e. The molecule has 0 aliphatic carbocycles. The molecule has 1 atom stereocenters. The maximum atomic E-state index is 12.4. The van der Waals surface area contributed by atoms with Crippen LogP contribution in [0.1, 0.15) is 35.3 Å². The van der Waals surface area contributed by atoms with Crippen molar-refractivity contribution < 1.29 is 14.3 Å².